The van der Waals surface area contributed by atoms with Crippen molar-refractivity contribution in [3.63, 3.8) is 0 Å². The van der Waals surface area contributed by atoms with Crippen molar-refractivity contribution in [1.29, 1.82) is 0 Å². The average Bonchev–Trinajstić information content (AvgIpc) is 2.86. The van der Waals surface area contributed by atoms with Gasteiger partial charge in [0, 0.05) is 18.1 Å². The number of carboxylic acid groups (broad SMARTS) is 1. The molecule has 1 aromatic rings. The van der Waals surface area contributed by atoms with E-state index in [1.54, 1.807) is 12.1 Å². The van der Waals surface area contributed by atoms with Gasteiger partial charge < -0.3 is 9.84 Å². The van der Waals surface area contributed by atoms with E-state index in [1.165, 1.54) is 0 Å². The first-order valence-electron chi connectivity index (χ1n) is 7.40. The number of carboxylic acids is 1. The van der Waals surface area contributed by atoms with Crippen molar-refractivity contribution in [3.05, 3.63) is 29.3 Å². The van der Waals surface area contributed by atoms with Gasteiger partial charge in [0.2, 0.25) is 0 Å². The summed E-state index contributed by atoms with van der Waals surface area (Å²) in [5.74, 6) is 0.127. The molecule has 1 N–H and O–H groups in total. The summed E-state index contributed by atoms with van der Waals surface area (Å²) in [6, 6.07) is 7.27. The van der Waals surface area contributed by atoms with E-state index >= 15 is 0 Å². The number of benzene rings is 1. The van der Waals surface area contributed by atoms with Gasteiger partial charge in [0.25, 0.3) is 0 Å². The topological polar surface area (TPSA) is 49.8 Å². The molecule has 0 saturated carbocycles. The van der Waals surface area contributed by atoms with Crippen molar-refractivity contribution in [2.45, 2.75) is 26.2 Å². The van der Waals surface area contributed by atoms with Crippen molar-refractivity contribution in [1.82, 2.24) is 4.90 Å². The molecule has 1 heterocycles. The summed E-state index contributed by atoms with van der Waals surface area (Å²) in [7, 11) is 0. The Hall–Kier alpha value is -1.26. The Morgan fingerprint density at radius 3 is 2.76 bits per heavy atom. The minimum Gasteiger partial charge on any atom is -0.492 e. The van der Waals surface area contributed by atoms with Crippen LogP contribution in [0.3, 0.4) is 0 Å². The maximum atomic E-state index is 11.5. The van der Waals surface area contributed by atoms with Crippen LogP contribution >= 0.6 is 11.6 Å². The predicted molar refractivity (Wildman–Crippen MR) is 83.0 cm³/mol. The smallest absolute Gasteiger partial charge is 0.310 e. The van der Waals surface area contributed by atoms with E-state index < -0.39 is 11.4 Å². The average molecular weight is 312 g/mol. The molecule has 1 atom stereocenters. The molecule has 4 nitrogen and oxygen atoms in total. The number of nitrogens with zero attached hydrogens (tertiary/aromatic N) is 1. The zero-order valence-corrected chi connectivity index (χ0v) is 13.1. The van der Waals surface area contributed by atoms with Crippen LogP contribution in [0.4, 0.5) is 0 Å². The Kier molecular flexibility index (Phi) is 5.48. The van der Waals surface area contributed by atoms with E-state index in [1.807, 2.05) is 19.1 Å². The molecular weight excluding hydrogens is 290 g/mol. The number of aliphatic carboxylic acids is 1. The van der Waals surface area contributed by atoms with Gasteiger partial charge in [0.05, 0.1) is 5.41 Å². The number of likely N-dealkylation sites (tertiary alicyclic amines) is 1. The molecule has 1 unspecified atom stereocenters. The number of carbonyl (C=O) groups is 1. The van der Waals surface area contributed by atoms with Crippen molar-refractivity contribution < 1.29 is 14.6 Å². The van der Waals surface area contributed by atoms with Crippen molar-refractivity contribution in [2.75, 3.05) is 26.2 Å². The summed E-state index contributed by atoms with van der Waals surface area (Å²) in [4.78, 5) is 13.7. The first kappa shape index (κ1) is 16.1. The molecule has 1 fully saturated rings. The normalized spacial score (nSPS) is 22.4. The van der Waals surface area contributed by atoms with Crippen molar-refractivity contribution >= 4 is 17.6 Å². The molecule has 0 radical (unpaired) electrons. The third-order valence-corrected chi connectivity index (χ3v) is 4.36. The number of hydrogen-bond acceptors (Lipinski definition) is 3. The SMILES string of the molecule is CCCC1(C(=O)O)CCN(CCOc2ccc(Cl)cc2)C1. The summed E-state index contributed by atoms with van der Waals surface area (Å²) in [6.07, 6.45) is 2.38. The first-order chi connectivity index (χ1) is 10.1. The summed E-state index contributed by atoms with van der Waals surface area (Å²) in [6.45, 7) is 4.80. The second-order valence-electron chi connectivity index (χ2n) is 5.66. The fourth-order valence-corrected chi connectivity index (χ4v) is 3.06. The lowest BCUT2D eigenvalue weighted by molar-refractivity contribution is -0.148. The van der Waals surface area contributed by atoms with E-state index in [4.69, 9.17) is 16.3 Å². The molecular formula is C16H22ClNO3. The van der Waals surface area contributed by atoms with Gasteiger partial charge in [-0.3, -0.25) is 9.69 Å². The number of ether oxygens (including phenoxy) is 1. The highest BCUT2D eigenvalue weighted by Gasteiger charge is 2.43. The van der Waals surface area contributed by atoms with Gasteiger partial charge >= 0.3 is 5.97 Å². The van der Waals surface area contributed by atoms with E-state index in [2.05, 4.69) is 4.90 Å². The van der Waals surface area contributed by atoms with Crippen LogP contribution in [0.25, 0.3) is 0 Å². The van der Waals surface area contributed by atoms with Crippen LogP contribution in [0.2, 0.25) is 5.02 Å². The molecule has 5 heteroatoms. The molecule has 116 valence electrons. The van der Waals surface area contributed by atoms with Gasteiger partial charge in [0.1, 0.15) is 12.4 Å². The van der Waals surface area contributed by atoms with Crippen molar-refractivity contribution in [3.8, 4) is 5.75 Å². The lowest BCUT2D eigenvalue weighted by Gasteiger charge is -2.24. The zero-order valence-electron chi connectivity index (χ0n) is 12.3. The monoisotopic (exact) mass is 311 g/mol. The molecule has 1 aromatic carbocycles. The molecule has 1 aliphatic heterocycles. The van der Waals surface area contributed by atoms with Crippen molar-refractivity contribution in [2.24, 2.45) is 5.41 Å². The largest absolute Gasteiger partial charge is 0.492 e. The molecule has 1 aliphatic rings. The number of halogens is 1. The van der Waals surface area contributed by atoms with Gasteiger partial charge in [-0.25, -0.2) is 0 Å². The molecule has 0 amide bonds. The van der Waals surface area contributed by atoms with Crippen LogP contribution in [0.1, 0.15) is 26.2 Å². The Morgan fingerprint density at radius 2 is 2.14 bits per heavy atom. The van der Waals surface area contributed by atoms with Crippen LogP contribution in [-0.2, 0) is 4.79 Å². The van der Waals surface area contributed by atoms with E-state index in [-0.39, 0.29) is 0 Å². The number of rotatable bonds is 7. The van der Waals surface area contributed by atoms with Crippen LogP contribution < -0.4 is 4.74 Å². The standard InChI is InChI=1S/C16H22ClNO3/c1-2-7-16(15(19)20)8-9-18(12-16)10-11-21-14-5-3-13(17)4-6-14/h3-6H,2,7-12H2,1H3,(H,19,20). The summed E-state index contributed by atoms with van der Waals surface area (Å²) in [5.41, 5.74) is -0.560. The van der Waals surface area contributed by atoms with Gasteiger partial charge in [-0.1, -0.05) is 24.9 Å². The highest BCUT2D eigenvalue weighted by atomic mass is 35.5. The lowest BCUT2D eigenvalue weighted by atomic mass is 9.83. The van der Waals surface area contributed by atoms with Gasteiger partial charge in [-0.15, -0.1) is 0 Å². The molecule has 21 heavy (non-hydrogen) atoms. The van der Waals surface area contributed by atoms with E-state index in [9.17, 15) is 9.90 Å². The third-order valence-electron chi connectivity index (χ3n) is 4.10. The Labute approximate surface area is 130 Å². The van der Waals surface area contributed by atoms with Gasteiger partial charge in [-0.2, -0.15) is 0 Å². The van der Waals surface area contributed by atoms with Crippen LogP contribution in [-0.4, -0.2) is 42.2 Å². The van der Waals surface area contributed by atoms with Crippen LogP contribution in [0, 0.1) is 5.41 Å². The Balaban J connectivity index is 1.80. The second-order valence-corrected chi connectivity index (χ2v) is 6.10. The van der Waals surface area contributed by atoms with Gasteiger partial charge in [-0.05, 0) is 43.7 Å². The Bertz CT molecular complexity index is 477. The first-order valence-corrected chi connectivity index (χ1v) is 7.78. The highest BCUT2D eigenvalue weighted by molar-refractivity contribution is 6.30. The minimum atomic E-state index is -0.662. The Morgan fingerprint density at radius 1 is 1.43 bits per heavy atom. The van der Waals surface area contributed by atoms with Crippen LogP contribution in [0.15, 0.2) is 24.3 Å². The van der Waals surface area contributed by atoms with Gasteiger partial charge in [0.15, 0.2) is 0 Å². The second kappa shape index (κ2) is 7.14. The van der Waals surface area contributed by atoms with E-state index in [0.717, 1.165) is 38.1 Å². The lowest BCUT2D eigenvalue weighted by Crippen LogP contribution is -2.35. The minimum absolute atomic E-state index is 0.559. The highest BCUT2D eigenvalue weighted by Crippen LogP contribution is 2.35. The summed E-state index contributed by atoms with van der Waals surface area (Å²) >= 11 is 5.82. The molecule has 1 saturated heterocycles. The fourth-order valence-electron chi connectivity index (χ4n) is 2.94. The zero-order chi connectivity index (χ0) is 15.3. The maximum Gasteiger partial charge on any atom is 0.310 e. The van der Waals surface area contributed by atoms with E-state index in [0.29, 0.717) is 18.2 Å². The summed E-state index contributed by atoms with van der Waals surface area (Å²) in [5, 5.41) is 10.2. The number of hydrogen-bond donors (Lipinski definition) is 1. The molecule has 0 aliphatic carbocycles. The molecule has 0 bridgehead atoms. The summed E-state index contributed by atoms with van der Waals surface area (Å²) < 4.78 is 5.66. The quantitative estimate of drug-likeness (QED) is 0.839. The fraction of sp³-hybridized carbons (Fsp3) is 0.562. The van der Waals surface area contributed by atoms with Crippen LogP contribution in [0.5, 0.6) is 5.75 Å². The third kappa shape index (κ3) is 4.11. The molecule has 0 aromatic heterocycles. The molecule has 2 rings (SSSR count). The molecule has 0 spiro atoms. The predicted octanol–water partition coefficient (Wildman–Crippen LogP) is 3.30. The maximum absolute atomic E-state index is 11.5.